The van der Waals surface area contributed by atoms with E-state index < -0.39 is 22.2 Å². The second-order valence-corrected chi connectivity index (χ2v) is 5.74. The molecule has 0 aromatic rings. The molecule has 58 valence electrons. The van der Waals surface area contributed by atoms with Gasteiger partial charge in [0, 0.05) is 0 Å². The summed E-state index contributed by atoms with van der Waals surface area (Å²) in [6.07, 6.45) is 0. The first-order valence-electron chi connectivity index (χ1n) is 1.92. The number of hydrogen-bond donors (Lipinski definition) is 5. The van der Waals surface area contributed by atoms with Crippen LogP contribution in [-0.4, -0.2) is 68.3 Å². The van der Waals surface area contributed by atoms with Crippen molar-refractivity contribution in [3.05, 3.63) is 0 Å². The normalized spacial score (nSPS) is 12.5. The summed E-state index contributed by atoms with van der Waals surface area (Å²) in [6, 6.07) is 0. The van der Waals surface area contributed by atoms with Crippen molar-refractivity contribution >= 4 is 46.0 Å². The first kappa shape index (κ1) is 13.8. The summed E-state index contributed by atoms with van der Waals surface area (Å²) in [5.74, 6) is -1.24. The quantitative estimate of drug-likeness (QED) is 0.238. The molecule has 9 heteroatoms. The Morgan fingerprint density at radius 2 is 1.50 bits per heavy atom. The van der Waals surface area contributed by atoms with E-state index in [4.69, 9.17) is 24.2 Å². The molecule has 0 saturated carbocycles. The molecule has 0 fully saturated rings. The Morgan fingerprint density at radius 3 is 1.50 bits per heavy atom. The van der Waals surface area contributed by atoms with Gasteiger partial charge in [-0.15, -0.1) is 0 Å². The van der Waals surface area contributed by atoms with Gasteiger partial charge >= 0.3 is 46.0 Å². The Kier molecular flexibility index (Phi) is 5.96. The van der Waals surface area contributed by atoms with E-state index in [0.29, 0.717) is 0 Å². The van der Waals surface area contributed by atoms with E-state index in [1.807, 2.05) is 0 Å². The Balaban J connectivity index is 0. The molecule has 0 saturated heterocycles. The van der Waals surface area contributed by atoms with Gasteiger partial charge in [-0.3, -0.25) is 4.57 Å². The zero-order valence-electron chi connectivity index (χ0n) is 4.30. The van der Waals surface area contributed by atoms with Gasteiger partial charge in [-0.2, -0.15) is 0 Å². The van der Waals surface area contributed by atoms with Crippen LogP contribution in [0.1, 0.15) is 0 Å². The van der Waals surface area contributed by atoms with E-state index in [-0.39, 0.29) is 29.6 Å². The molecule has 0 bridgehead atoms. The molecule has 6 nitrogen and oxygen atoms in total. The topological polar surface area (TPSA) is 118 Å². The first-order valence-corrected chi connectivity index (χ1v) is 5.77. The molecule has 0 aliphatic rings. The SMILES string of the molecule is O=P(O)(O)C[Si](O)(O)O.[NaH]. The van der Waals surface area contributed by atoms with E-state index in [9.17, 15) is 4.57 Å². The molecular weight excluding hydrogens is 190 g/mol. The minimum absolute atomic E-state index is 0. The molecular formula is CH8NaO6PSi. The minimum atomic E-state index is -4.56. The average Bonchev–Trinajstić information content (AvgIpc) is 1.14. The molecule has 5 N–H and O–H groups in total. The van der Waals surface area contributed by atoms with Crippen LogP contribution in [0.5, 0.6) is 0 Å². The van der Waals surface area contributed by atoms with Crippen molar-refractivity contribution in [3.8, 4) is 0 Å². The van der Waals surface area contributed by atoms with Gasteiger partial charge in [0.05, 0.1) is 0 Å². The third kappa shape index (κ3) is 12.0. The van der Waals surface area contributed by atoms with E-state index in [2.05, 4.69) is 0 Å². The fourth-order valence-corrected chi connectivity index (χ4v) is 2.49. The van der Waals surface area contributed by atoms with Crippen molar-refractivity contribution in [3.63, 3.8) is 0 Å². The molecule has 0 rings (SSSR count). The third-order valence-corrected chi connectivity index (χ3v) is 3.76. The van der Waals surface area contributed by atoms with Crippen molar-refractivity contribution < 1.29 is 28.7 Å². The summed E-state index contributed by atoms with van der Waals surface area (Å²) in [6.45, 7) is 0. The van der Waals surface area contributed by atoms with Crippen LogP contribution in [0.4, 0.5) is 0 Å². The summed E-state index contributed by atoms with van der Waals surface area (Å²) < 4.78 is 9.90. The van der Waals surface area contributed by atoms with Crippen molar-refractivity contribution in [2.24, 2.45) is 0 Å². The van der Waals surface area contributed by atoms with Gasteiger partial charge < -0.3 is 24.2 Å². The molecule has 0 aliphatic heterocycles. The van der Waals surface area contributed by atoms with Crippen LogP contribution in [0.15, 0.2) is 0 Å². The van der Waals surface area contributed by atoms with Crippen LogP contribution >= 0.6 is 7.60 Å². The first-order chi connectivity index (χ1) is 3.71. The standard InChI is InChI=1S/CH7O6PSi.Na.H/c2-8(3,4)1-9(5,6)7;;/h5-7H,1H2,(H2,2,3,4);;. The van der Waals surface area contributed by atoms with Gasteiger partial charge in [0.25, 0.3) is 0 Å². The molecule has 0 aromatic heterocycles. The second kappa shape index (κ2) is 4.32. The predicted octanol–water partition coefficient (Wildman–Crippen LogP) is -3.03. The van der Waals surface area contributed by atoms with E-state index in [0.717, 1.165) is 0 Å². The Bertz CT molecular complexity index is 135. The average molecular weight is 198 g/mol. The Hall–Kier alpha value is 1.25. The van der Waals surface area contributed by atoms with Crippen LogP contribution in [0.3, 0.4) is 0 Å². The zero-order valence-corrected chi connectivity index (χ0v) is 6.19. The van der Waals surface area contributed by atoms with Gasteiger partial charge in [-0.25, -0.2) is 0 Å². The van der Waals surface area contributed by atoms with Gasteiger partial charge in [0.15, 0.2) is 0 Å². The van der Waals surface area contributed by atoms with Crippen LogP contribution in [0.25, 0.3) is 0 Å². The van der Waals surface area contributed by atoms with E-state index in [1.54, 1.807) is 0 Å². The molecule has 0 heterocycles. The van der Waals surface area contributed by atoms with Crippen molar-refractivity contribution in [2.75, 3.05) is 5.79 Å². The monoisotopic (exact) mass is 198 g/mol. The fraction of sp³-hybridized carbons (Fsp3) is 1.00. The molecule has 10 heavy (non-hydrogen) atoms. The van der Waals surface area contributed by atoms with Crippen LogP contribution < -0.4 is 0 Å². The fourth-order valence-electron chi connectivity index (χ4n) is 0.276. The molecule has 0 amide bonds. The summed E-state index contributed by atoms with van der Waals surface area (Å²) in [5.41, 5.74) is 0. The molecule has 0 aromatic carbocycles. The van der Waals surface area contributed by atoms with Crippen LogP contribution in [0, 0.1) is 0 Å². The summed E-state index contributed by atoms with van der Waals surface area (Å²) >= 11 is 0. The van der Waals surface area contributed by atoms with Gasteiger partial charge in [-0.1, -0.05) is 0 Å². The second-order valence-electron chi connectivity index (χ2n) is 1.60. The van der Waals surface area contributed by atoms with Crippen LogP contribution in [-0.2, 0) is 4.57 Å². The van der Waals surface area contributed by atoms with Crippen molar-refractivity contribution in [1.82, 2.24) is 0 Å². The van der Waals surface area contributed by atoms with Crippen LogP contribution in [0.2, 0.25) is 0 Å². The maximum atomic E-state index is 9.90. The number of hydrogen-bond acceptors (Lipinski definition) is 4. The van der Waals surface area contributed by atoms with E-state index >= 15 is 0 Å². The zero-order chi connectivity index (χ0) is 7.71. The molecule has 0 atom stereocenters. The van der Waals surface area contributed by atoms with E-state index in [1.165, 1.54) is 0 Å². The van der Waals surface area contributed by atoms with Gasteiger partial charge in [0.2, 0.25) is 0 Å². The Morgan fingerprint density at radius 1 is 1.20 bits per heavy atom. The third-order valence-electron chi connectivity index (χ3n) is 0.418. The predicted molar refractivity (Wildman–Crippen MR) is 36.5 cm³/mol. The number of rotatable bonds is 2. The van der Waals surface area contributed by atoms with Crippen molar-refractivity contribution in [2.45, 2.75) is 0 Å². The maximum absolute atomic E-state index is 9.90. The summed E-state index contributed by atoms with van der Waals surface area (Å²) in [5, 5.41) is 0. The molecule has 0 aliphatic carbocycles. The van der Waals surface area contributed by atoms with Crippen molar-refractivity contribution in [1.29, 1.82) is 0 Å². The summed E-state index contributed by atoms with van der Waals surface area (Å²) in [7, 11) is -9.03. The van der Waals surface area contributed by atoms with Gasteiger partial charge in [0.1, 0.15) is 5.79 Å². The Labute approximate surface area is 80.3 Å². The van der Waals surface area contributed by atoms with Gasteiger partial charge in [-0.05, 0) is 0 Å². The molecule has 0 spiro atoms. The molecule has 0 unspecified atom stereocenters. The summed E-state index contributed by atoms with van der Waals surface area (Å²) in [4.78, 5) is 40.4. The molecule has 0 radical (unpaired) electrons.